The maximum Gasteiger partial charge on any atom is 0.245 e. The maximum absolute atomic E-state index is 12.8. The lowest BCUT2D eigenvalue weighted by molar-refractivity contribution is -0.140. The number of anilines is 1. The third kappa shape index (κ3) is 7.99. The molecule has 0 saturated carbocycles. The molecule has 0 fully saturated rings. The minimum Gasteiger partial charge on any atom is -0.329 e. The zero-order chi connectivity index (χ0) is 19.4. The van der Waals surface area contributed by atoms with Crippen LogP contribution in [0.2, 0.25) is 0 Å². The summed E-state index contributed by atoms with van der Waals surface area (Å²) < 4.78 is 0. The fourth-order valence-electron chi connectivity index (χ4n) is 2.94. The highest BCUT2D eigenvalue weighted by molar-refractivity contribution is 7.13. The van der Waals surface area contributed by atoms with Crippen LogP contribution in [0.5, 0.6) is 0 Å². The molecule has 0 aliphatic carbocycles. The second kappa shape index (κ2) is 8.30. The first-order valence-electron chi connectivity index (χ1n) is 8.80. The average Bonchev–Trinajstić information content (AvgIpc) is 2.77. The van der Waals surface area contributed by atoms with Crippen molar-refractivity contribution in [1.29, 1.82) is 0 Å². The zero-order valence-electron chi connectivity index (χ0n) is 16.9. The first kappa shape index (κ1) is 21.6. The Morgan fingerprint density at radius 2 is 1.84 bits per heavy atom. The van der Waals surface area contributed by atoms with Gasteiger partial charge in [-0.25, -0.2) is 4.98 Å². The van der Waals surface area contributed by atoms with Gasteiger partial charge in [-0.15, -0.1) is 11.3 Å². The van der Waals surface area contributed by atoms with E-state index >= 15 is 0 Å². The summed E-state index contributed by atoms with van der Waals surface area (Å²) in [4.78, 5) is 31.1. The van der Waals surface area contributed by atoms with E-state index in [0.717, 1.165) is 12.1 Å². The van der Waals surface area contributed by atoms with Crippen molar-refractivity contribution in [2.24, 2.45) is 11.3 Å². The van der Waals surface area contributed by atoms with Gasteiger partial charge in [0.25, 0.3) is 0 Å². The molecule has 1 unspecified atom stereocenters. The lowest BCUT2D eigenvalue weighted by Gasteiger charge is -2.36. The van der Waals surface area contributed by atoms with Crippen molar-refractivity contribution in [3.8, 4) is 0 Å². The average molecular weight is 368 g/mol. The van der Waals surface area contributed by atoms with Crippen molar-refractivity contribution >= 4 is 28.3 Å². The molecule has 0 aliphatic heterocycles. The summed E-state index contributed by atoms with van der Waals surface area (Å²) in [7, 11) is 0. The fraction of sp³-hybridized carbons (Fsp3) is 0.737. The van der Waals surface area contributed by atoms with Crippen LogP contribution in [0.4, 0.5) is 5.13 Å². The van der Waals surface area contributed by atoms with Gasteiger partial charge in [0.1, 0.15) is 6.54 Å². The number of carbonyl (C=O) groups is 2. The second-order valence-corrected chi connectivity index (χ2v) is 9.93. The molecule has 0 radical (unpaired) electrons. The number of hydrogen-bond acceptors (Lipinski definition) is 4. The molecule has 142 valence electrons. The molecule has 1 aromatic heterocycles. The van der Waals surface area contributed by atoms with E-state index in [1.165, 1.54) is 11.3 Å². The number of nitrogens with one attached hydrogen (secondary N) is 1. The van der Waals surface area contributed by atoms with Crippen molar-refractivity contribution in [2.45, 2.75) is 73.8 Å². The van der Waals surface area contributed by atoms with Crippen LogP contribution in [0, 0.1) is 18.3 Å². The quantitative estimate of drug-likeness (QED) is 0.806. The molecule has 1 atom stereocenters. The molecule has 0 bridgehead atoms. The van der Waals surface area contributed by atoms with Gasteiger partial charge >= 0.3 is 0 Å². The molecular formula is C19H33N3O2S. The Hall–Kier alpha value is -1.43. The van der Waals surface area contributed by atoms with Crippen molar-refractivity contribution < 1.29 is 9.59 Å². The van der Waals surface area contributed by atoms with E-state index in [4.69, 9.17) is 0 Å². The largest absolute Gasteiger partial charge is 0.329 e. The smallest absolute Gasteiger partial charge is 0.245 e. The van der Waals surface area contributed by atoms with E-state index in [-0.39, 0.29) is 29.7 Å². The molecule has 1 heterocycles. The highest BCUT2D eigenvalue weighted by Gasteiger charge is 2.30. The topological polar surface area (TPSA) is 62.3 Å². The van der Waals surface area contributed by atoms with Crippen LogP contribution >= 0.6 is 11.3 Å². The fourth-order valence-corrected chi connectivity index (χ4v) is 3.64. The van der Waals surface area contributed by atoms with E-state index in [2.05, 4.69) is 38.0 Å². The molecule has 2 amide bonds. The first-order chi connectivity index (χ1) is 11.3. The molecule has 5 nitrogen and oxygen atoms in total. The third-order valence-electron chi connectivity index (χ3n) is 3.76. The minimum atomic E-state index is -0.408. The molecule has 1 aromatic rings. The van der Waals surface area contributed by atoms with Crippen molar-refractivity contribution in [3.05, 3.63) is 11.1 Å². The van der Waals surface area contributed by atoms with Gasteiger partial charge in [-0.1, -0.05) is 27.7 Å². The van der Waals surface area contributed by atoms with Crippen LogP contribution in [0.3, 0.4) is 0 Å². The lowest BCUT2D eigenvalue weighted by Crippen LogP contribution is -2.49. The van der Waals surface area contributed by atoms with Gasteiger partial charge in [0, 0.05) is 17.3 Å². The third-order valence-corrected chi connectivity index (χ3v) is 4.64. The summed E-state index contributed by atoms with van der Waals surface area (Å²) in [6, 6.07) is 0. The number of carbonyl (C=O) groups excluding carboxylic acids is 2. The highest BCUT2D eigenvalue weighted by Crippen LogP contribution is 2.27. The van der Waals surface area contributed by atoms with E-state index in [1.54, 1.807) is 4.90 Å². The number of nitrogens with zero attached hydrogens (tertiary/aromatic N) is 2. The van der Waals surface area contributed by atoms with Crippen LogP contribution in [0.25, 0.3) is 0 Å². The molecule has 6 heteroatoms. The Bertz CT molecular complexity index is 597. The summed E-state index contributed by atoms with van der Waals surface area (Å²) >= 11 is 1.39. The van der Waals surface area contributed by atoms with Gasteiger partial charge in [0.05, 0.1) is 5.69 Å². The van der Waals surface area contributed by atoms with E-state index in [1.807, 2.05) is 33.1 Å². The predicted molar refractivity (Wildman–Crippen MR) is 105 cm³/mol. The van der Waals surface area contributed by atoms with E-state index < -0.39 is 5.54 Å². The molecule has 0 aliphatic rings. The minimum absolute atomic E-state index is 0.0229. The van der Waals surface area contributed by atoms with Gasteiger partial charge in [-0.2, -0.15) is 0 Å². The van der Waals surface area contributed by atoms with Crippen LogP contribution in [0.15, 0.2) is 5.38 Å². The standard InChI is InChI=1S/C19H33N3O2S/c1-13(10-18(3,4)5)9-16(24)22(19(6,7)8)11-15(23)21-17-20-14(2)12-25-17/h12-13H,9-11H2,1-8H3,(H,20,21,23). The first-order valence-corrected chi connectivity index (χ1v) is 9.68. The molecule has 0 saturated heterocycles. The van der Waals surface area contributed by atoms with Crippen molar-refractivity contribution in [1.82, 2.24) is 9.88 Å². The zero-order valence-corrected chi connectivity index (χ0v) is 17.7. The molecule has 0 spiro atoms. The van der Waals surface area contributed by atoms with Crippen LogP contribution < -0.4 is 5.32 Å². The Balaban J connectivity index is 2.73. The second-order valence-electron chi connectivity index (χ2n) is 9.07. The molecule has 1 rings (SSSR count). The molecular weight excluding hydrogens is 334 g/mol. The molecule has 0 aromatic carbocycles. The van der Waals surface area contributed by atoms with Crippen molar-refractivity contribution in [3.63, 3.8) is 0 Å². The maximum atomic E-state index is 12.8. The van der Waals surface area contributed by atoms with Gasteiger partial charge in [0.2, 0.25) is 11.8 Å². The van der Waals surface area contributed by atoms with Crippen LogP contribution in [0.1, 0.15) is 67.0 Å². The van der Waals surface area contributed by atoms with Gasteiger partial charge in [-0.3, -0.25) is 9.59 Å². The van der Waals surface area contributed by atoms with Crippen LogP contribution in [-0.2, 0) is 9.59 Å². The van der Waals surface area contributed by atoms with E-state index in [0.29, 0.717) is 11.6 Å². The van der Waals surface area contributed by atoms with Crippen molar-refractivity contribution in [2.75, 3.05) is 11.9 Å². The summed E-state index contributed by atoms with van der Waals surface area (Å²) in [5.74, 6) is 0.0952. The number of thiazole rings is 1. The van der Waals surface area contributed by atoms with Gasteiger partial charge < -0.3 is 10.2 Å². The Kier molecular flexibility index (Phi) is 7.18. The predicted octanol–water partition coefficient (Wildman–Crippen LogP) is 4.48. The molecule has 25 heavy (non-hydrogen) atoms. The summed E-state index contributed by atoms with van der Waals surface area (Å²) in [5.41, 5.74) is 0.654. The van der Waals surface area contributed by atoms with Gasteiger partial charge in [0.15, 0.2) is 5.13 Å². The normalized spacial score (nSPS) is 13.4. The lowest BCUT2D eigenvalue weighted by atomic mass is 9.84. The SMILES string of the molecule is Cc1csc(NC(=O)CN(C(=O)CC(C)CC(C)(C)C)C(C)(C)C)n1. The monoisotopic (exact) mass is 367 g/mol. The summed E-state index contributed by atoms with van der Waals surface area (Å²) in [6.07, 6.45) is 1.43. The number of amides is 2. The number of aromatic nitrogens is 1. The number of hydrogen-bond donors (Lipinski definition) is 1. The highest BCUT2D eigenvalue weighted by atomic mass is 32.1. The van der Waals surface area contributed by atoms with Crippen LogP contribution in [-0.4, -0.2) is 33.8 Å². The van der Waals surface area contributed by atoms with E-state index in [9.17, 15) is 9.59 Å². The molecule has 1 N–H and O–H groups in total. The summed E-state index contributed by atoms with van der Waals surface area (Å²) in [5, 5.41) is 5.25. The Morgan fingerprint density at radius 3 is 2.28 bits per heavy atom. The number of rotatable bonds is 6. The summed E-state index contributed by atoms with van der Waals surface area (Å²) in [6.45, 7) is 16.4. The Morgan fingerprint density at radius 1 is 1.24 bits per heavy atom. The number of aryl methyl sites for hydroxylation is 1. The van der Waals surface area contributed by atoms with Gasteiger partial charge in [-0.05, 0) is 45.4 Å². The Labute approximate surface area is 156 Å².